The van der Waals surface area contributed by atoms with Crippen molar-refractivity contribution in [2.24, 2.45) is 5.92 Å². The zero-order chi connectivity index (χ0) is 12.3. The third-order valence-corrected chi connectivity index (χ3v) is 1.31. The molecule has 0 aliphatic heterocycles. The van der Waals surface area contributed by atoms with Gasteiger partial charge in [0.1, 0.15) is 6.67 Å². The summed E-state index contributed by atoms with van der Waals surface area (Å²) < 4.78 is 82.3. The maximum absolute atomic E-state index is 11.8. The molecule has 0 spiro atoms. The van der Waals surface area contributed by atoms with Gasteiger partial charge in [-0.3, -0.25) is 4.79 Å². The van der Waals surface area contributed by atoms with E-state index in [9.17, 15) is 35.5 Å². The third-order valence-electron chi connectivity index (χ3n) is 1.31. The van der Waals surface area contributed by atoms with Crippen LogP contribution >= 0.6 is 0 Å². The number of carbonyl (C=O) groups excluding carboxylic acids is 1. The van der Waals surface area contributed by atoms with E-state index in [0.29, 0.717) is 0 Å². The lowest BCUT2D eigenvalue weighted by Gasteiger charge is -2.21. The van der Waals surface area contributed by atoms with Crippen molar-refractivity contribution >= 4 is 5.91 Å². The zero-order valence-corrected chi connectivity index (χ0v) is 7.05. The highest BCUT2D eigenvalue weighted by Gasteiger charge is 2.60. The van der Waals surface area contributed by atoms with E-state index in [1.165, 1.54) is 5.32 Å². The van der Waals surface area contributed by atoms with Crippen LogP contribution in [-0.4, -0.2) is 31.5 Å². The Hall–Kier alpha value is -1.02. The molecular weight excluding hydrogens is 235 g/mol. The van der Waals surface area contributed by atoms with Gasteiger partial charge in [-0.15, -0.1) is 0 Å². The largest absolute Gasteiger partial charge is 0.409 e. The minimum absolute atomic E-state index is 0.887. The van der Waals surface area contributed by atoms with Gasteiger partial charge in [-0.1, -0.05) is 0 Å². The number of hydrogen-bond donors (Lipinski definition) is 1. The first kappa shape index (κ1) is 14.0. The summed E-state index contributed by atoms with van der Waals surface area (Å²) >= 11 is 0. The monoisotopic (exact) mass is 241 g/mol. The number of carbonyl (C=O) groups is 1. The molecule has 0 aliphatic rings. The minimum atomic E-state index is -5.74. The highest BCUT2D eigenvalue weighted by molar-refractivity contribution is 5.80. The number of halogens is 7. The molecule has 2 nitrogen and oxygen atoms in total. The molecule has 0 saturated carbocycles. The molecule has 1 N–H and O–H groups in total. The molecule has 15 heavy (non-hydrogen) atoms. The number of rotatable bonds is 3. The summed E-state index contributed by atoms with van der Waals surface area (Å²) in [5, 5.41) is 1.19. The standard InChI is InChI=1S/C6H6F7NO/c7-1-2-14-4(15)3(5(8,9)10)6(11,12)13/h3H,1-2H2,(H,14,15). The van der Waals surface area contributed by atoms with Crippen LogP contribution in [0.25, 0.3) is 0 Å². The van der Waals surface area contributed by atoms with Crippen LogP contribution < -0.4 is 5.32 Å². The van der Waals surface area contributed by atoms with Gasteiger partial charge in [0.15, 0.2) is 0 Å². The molecule has 1 amide bonds. The molecule has 0 aliphatic carbocycles. The fourth-order valence-electron chi connectivity index (χ4n) is 0.755. The summed E-state index contributed by atoms with van der Waals surface area (Å²) in [6, 6.07) is 0. The van der Waals surface area contributed by atoms with Crippen molar-refractivity contribution in [1.82, 2.24) is 5.32 Å². The maximum atomic E-state index is 11.8. The summed E-state index contributed by atoms with van der Waals surface area (Å²) in [5.74, 6) is -6.41. The van der Waals surface area contributed by atoms with Gasteiger partial charge in [-0.25, -0.2) is 4.39 Å². The predicted octanol–water partition coefficient (Wildman–Crippen LogP) is 1.81. The smallest absolute Gasteiger partial charge is 0.353 e. The Morgan fingerprint density at radius 3 is 1.73 bits per heavy atom. The third kappa shape index (κ3) is 4.34. The van der Waals surface area contributed by atoms with Gasteiger partial charge in [0, 0.05) is 6.54 Å². The van der Waals surface area contributed by atoms with E-state index in [4.69, 9.17) is 0 Å². The van der Waals surface area contributed by atoms with E-state index in [1.807, 2.05) is 0 Å². The molecular formula is C6H6F7NO. The first-order valence-electron chi connectivity index (χ1n) is 3.57. The molecule has 0 aromatic heterocycles. The van der Waals surface area contributed by atoms with Crippen molar-refractivity contribution in [2.75, 3.05) is 13.2 Å². The maximum Gasteiger partial charge on any atom is 0.409 e. The molecule has 0 heterocycles. The van der Waals surface area contributed by atoms with Crippen molar-refractivity contribution in [3.8, 4) is 0 Å². The average Bonchev–Trinajstić information content (AvgIpc) is 1.94. The summed E-state index contributed by atoms with van der Waals surface area (Å²) in [4.78, 5) is 10.5. The number of nitrogens with one attached hydrogen (secondary N) is 1. The van der Waals surface area contributed by atoms with E-state index in [1.54, 1.807) is 0 Å². The second kappa shape index (κ2) is 4.67. The number of amides is 1. The lowest BCUT2D eigenvalue weighted by atomic mass is 10.1. The Morgan fingerprint density at radius 1 is 1.07 bits per heavy atom. The zero-order valence-electron chi connectivity index (χ0n) is 7.05. The van der Waals surface area contributed by atoms with Gasteiger partial charge in [0.25, 0.3) is 0 Å². The number of hydrogen-bond acceptors (Lipinski definition) is 1. The first-order chi connectivity index (χ1) is 6.60. The molecule has 0 saturated heterocycles. The Labute approximate surface area is 79.4 Å². The number of alkyl halides is 7. The molecule has 0 unspecified atom stereocenters. The van der Waals surface area contributed by atoms with E-state index in [-0.39, 0.29) is 0 Å². The first-order valence-corrected chi connectivity index (χ1v) is 3.57. The topological polar surface area (TPSA) is 29.1 Å². The highest BCUT2D eigenvalue weighted by atomic mass is 19.4. The van der Waals surface area contributed by atoms with Crippen LogP contribution in [0.4, 0.5) is 30.7 Å². The molecule has 0 fully saturated rings. The molecule has 9 heteroatoms. The Kier molecular flexibility index (Phi) is 4.35. The van der Waals surface area contributed by atoms with Crippen LogP contribution in [0.5, 0.6) is 0 Å². The van der Waals surface area contributed by atoms with E-state index in [0.717, 1.165) is 0 Å². The lowest BCUT2D eigenvalue weighted by molar-refractivity contribution is -0.274. The lowest BCUT2D eigenvalue weighted by Crippen LogP contribution is -2.48. The summed E-state index contributed by atoms with van der Waals surface area (Å²) in [6.07, 6.45) is -11.5. The van der Waals surface area contributed by atoms with Gasteiger partial charge in [0.05, 0.1) is 0 Å². The van der Waals surface area contributed by atoms with E-state index >= 15 is 0 Å². The van der Waals surface area contributed by atoms with Crippen molar-refractivity contribution in [3.05, 3.63) is 0 Å². The minimum Gasteiger partial charge on any atom is -0.353 e. The van der Waals surface area contributed by atoms with Crippen LogP contribution in [0.2, 0.25) is 0 Å². The molecule has 0 rings (SSSR count). The highest BCUT2D eigenvalue weighted by Crippen LogP contribution is 2.39. The molecule has 0 radical (unpaired) electrons. The van der Waals surface area contributed by atoms with Gasteiger partial charge in [-0.2, -0.15) is 26.3 Å². The van der Waals surface area contributed by atoms with Crippen LogP contribution in [0.1, 0.15) is 0 Å². The van der Waals surface area contributed by atoms with Crippen molar-refractivity contribution in [1.29, 1.82) is 0 Å². The molecule has 90 valence electrons. The second-order valence-electron chi connectivity index (χ2n) is 2.50. The molecule has 0 bridgehead atoms. The van der Waals surface area contributed by atoms with Crippen LogP contribution in [0, 0.1) is 5.92 Å². The molecule has 0 aromatic carbocycles. The summed E-state index contributed by atoms with van der Waals surface area (Å²) in [7, 11) is 0. The molecule has 0 atom stereocenters. The average molecular weight is 241 g/mol. The van der Waals surface area contributed by atoms with E-state index in [2.05, 4.69) is 0 Å². The van der Waals surface area contributed by atoms with Crippen molar-refractivity contribution in [3.63, 3.8) is 0 Å². The summed E-state index contributed by atoms with van der Waals surface area (Å²) in [5.41, 5.74) is 0. The van der Waals surface area contributed by atoms with Gasteiger partial charge in [0.2, 0.25) is 11.8 Å². The van der Waals surface area contributed by atoms with Gasteiger partial charge in [-0.05, 0) is 0 Å². The fourth-order valence-corrected chi connectivity index (χ4v) is 0.755. The SMILES string of the molecule is O=C(NCCF)C(C(F)(F)F)C(F)(F)F. The fraction of sp³-hybridized carbons (Fsp3) is 0.833. The Bertz CT molecular complexity index is 207. The quantitative estimate of drug-likeness (QED) is 0.750. The van der Waals surface area contributed by atoms with E-state index < -0.39 is 37.4 Å². The Balaban J connectivity index is 4.74. The van der Waals surface area contributed by atoms with Crippen LogP contribution in [-0.2, 0) is 4.79 Å². The predicted molar refractivity (Wildman–Crippen MR) is 34.6 cm³/mol. The van der Waals surface area contributed by atoms with Crippen LogP contribution in [0.3, 0.4) is 0 Å². The van der Waals surface area contributed by atoms with Gasteiger partial charge < -0.3 is 5.32 Å². The Morgan fingerprint density at radius 2 is 1.47 bits per heavy atom. The second-order valence-corrected chi connectivity index (χ2v) is 2.50. The van der Waals surface area contributed by atoms with Crippen LogP contribution in [0.15, 0.2) is 0 Å². The van der Waals surface area contributed by atoms with Crippen molar-refractivity contribution < 1.29 is 35.5 Å². The van der Waals surface area contributed by atoms with Crippen molar-refractivity contribution in [2.45, 2.75) is 12.4 Å². The van der Waals surface area contributed by atoms with Gasteiger partial charge >= 0.3 is 12.4 Å². The normalized spacial score (nSPS) is 13.1. The molecule has 0 aromatic rings. The summed E-state index contributed by atoms with van der Waals surface area (Å²) in [6.45, 7) is -2.13.